The average molecular weight is 182 g/mol. The van der Waals surface area contributed by atoms with Gasteiger partial charge in [-0.2, -0.15) is 0 Å². The molecule has 2 aliphatic rings. The van der Waals surface area contributed by atoms with Gasteiger partial charge in [0.1, 0.15) is 0 Å². The summed E-state index contributed by atoms with van der Waals surface area (Å²) in [5.74, 6) is 0.245. The van der Waals surface area contributed by atoms with E-state index >= 15 is 0 Å². The Labute approximate surface area is 79.5 Å². The molecule has 74 valence electrons. The molecule has 3 heteroatoms. The van der Waals surface area contributed by atoms with Gasteiger partial charge in [0.15, 0.2) is 0 Å². The Hall–Kier alpha value is -0.570. The highest BCUT2D eigenvalue weighted by molar-refractivity contribution is 5.76. The van der Waals surface area contributed by atoms with Crippen LogP contribution in [0, 0.1) is 0 Å². The summed E-state index contributed by atoms with van der Waals surface area (Å²) in [6.45, 7) is 3.29. The van der Waals surface area contributed by atoms with E-state index in [2.05, 4.69) is 10.2 Å². The van der Waals surface area contributed by atoms with Gasteiger partial charge in [0.2, 0.25) is 5.91 Å². The molecule has 0 bridgehead atoms. The molecule has 3 nitrogen and oxygen atoms in total. The SMILES string of the molecule is O=C1CC(N2CCCC2)CCCN1. The predicted octanol–water partition coefficient (Wildman–Crippen LogP) is 0.751. The molecule has 2 rings (SSSR count). The third kappa shape index (κ3) is 2.21. The summed E-state index contributed by atoms with van der Waals surface area (Å²) in [6, 6.07) is 0.532. The number of nitrogens with zero attached hydrogens (tertiary/aromatic N) is 1. The van der Waals surface area contributed by atoms with Gasteiger partial charge in [0, 0.05) is 19.0 Å². The molecule has 1 atom stereocenters. The average Bonchev–Trinajstić information content (AvgIpc) is 2.56. The Bertz CT molecular complexity index is 187. The van der Waals surface area contributed by atoms with Gasteiger partial charge in [0.05, 0.1) is 0 Å². The first-order chi connectivity index (χ1) is 6.36. The summed E-state index contributed by atoms with van der Waals surface area (Å²) in [5.41, 5.74) is 0. The number of likely N-dealkylation sites (tertiary alicyclic amines) is 1. The van der Waals surface area contributed by atoms with Crippen LogP contribution >= 0.6 is 0 Å². The zero-order valence-electron chi connectivity index (χ0n) is 8.09. The molecule has 0 spiro atoms. The molecule has 0 radical (unpaired) electrons. The molecule has 0 aromatic carbocycles. The maximum absolute atomic E-state index is 11.3. The van der Waals surface area contributed by atoms with E-state index in [1.54, 1.807) is 0 Å². The van der Waals surface area contributed by atoms with Gasteiger partial charge in [-0.1, -0.05) is 0 Å². The first-order valence-corrected chi connectivity index (χ1v) is 5.37. The van der Waals surface area contributed by atoms with Crippen LogP contribution in [-0.2, 0) is 4.79 Å². The number of hydrogen-bond acceptors (Lipinski definition) is 2. The minimum atomic E-state index is 0.245. The van der Waals surface area contributed by atoms with Gasteiger partial charge in [-0.05, 0) is 38.8 Å². The fourth-order valence-electron chi connectivity index (χ4n) is 2.37. The van der Waals surface area contributed by atoms with Crippen molar-refractivity contribution in [3.05, 3.63) is 0 Å². The quantitative estimate of drug-likeness (QED) is 0.649. The van der Waals surface area contributed by atoms with E-state index in [-0.39, 0.29) is 5.91 Å². The highest BCUT2D eigenvalue weighted by atomic mass is 16.1. The molecular formula is C10H18N2O. The molecule has 1 N–H and O–H groups in total. The summed E-state index contributed by atoms with van der Waals surface area (Å²) in [5, 5.41) is 2.93. The summed E-state index contributed by atoms with van der Waals surface area (Å²) in [7, 11) is 0. The van der Waals surface area contributed by atoms with Crippen LogP contribution in [0.3, 0.4) is 0 Å². The second kappa shape index (κ2) is 4.09. The molecule has 1 unspecified atom stereocenters. The number of rotatable bonds is 1. The second-order valence-electron chi connectivity index (χ2n) is 4.09. The van der Waals surface area contributed by atoms with E-state index in [9.17, 15) is 4.79 Å². The Morgan fingerprint density at radius 2 is 2.00 bits per heavy atom. The van der Waals surface area contributed by atoms with Crippen molar-refractivity contribution in [1.29, 1.82) is 0 Å². The molecule has 0 aromatic heterocycles. The van der Waals surface area contributed by atoms with Crippen molar-refractivity contribution >= 4 is 5.91 Å². The van der Waals surface area contributed by atoms with Gasteiger partial charge in [-0.15, -0.1) is 0 Å². The minimum absolute atomic E-state index is 0.245. The minimum Gasteiger partial charge on any atom is -0.356 e. The summed E-state index contributed by atoms with van der Waals surface area (Å²) < 4.78 is 0. The molecule has 2 fully saturated rings. The van der Waals surface area contributed by atoms with Crippen LogP contribution in [0.4, 0.5) is 0 Å². The molecule has 13 heavy (non-hydrogen) atoms. The highest BCUT2D eigenvalue weighted by Gasteiger charge is 2.25. The Morgan fingerprint density at radius 1 is 1.23 bits per heavy atom. The lowest BCUT2D eigenvalue weighted by molar-refractivity contribution is -0.121. The van der Waals surface area contributed by atoms with Crippen LogP contribution in [-0.4, -0.2) is 36.5 Å². The third-order valence-corrected chi connectivity index (χ3v) is 3.11. The highest BCUT2D eigenvalue weighted by Crippen LogP contribution is 2.19. The van der Waals surface area contributed by atoms with Crippen LogP contribution < -0.4 is 5.32 Å². The number of carbonyl (C=O) groups excluding carboxylic acids is 1. The van der Waals surface area contributed by atoms with Crippen molar-refractivity contribution in [2.45, 2.75) is 38.1 Å². The Morgan fingerprint density at radius 3 is 2.77 bits per heavy atom. The largest absolute Gasteiger partial charge is 0.356 e. The first kappa shape index (κ1) is 9.00. The number of nitrogens with one attached hydrogen (secondary N) is 1. The Kier molecular flexibility index (Phi) is 2.83. The molecule has 0 aliphatic carbocycles. The van der Waals surface area contributed by atoms with E-state index < -0.39 is 0 Å². The Balaban J connectivity index is 1.92. The van der Waals surface area contributed by atoms with Crippen LogP contribution in [0.25, 0.3) is 0 Å². The van der Waals surface area contributed by atoms with Crippen molar-refractivity contribution in [2.24, 2.45) is 0 Å². The molecule has 2 aliphatic heterocycles. The van der Waals surface area contributed by atoms with E-state index in [1.807, 2.05) is 0 Å². The van der Waals surface area contributed by atoms with Crippen LogP contribution in [0.15, 0.2) is 0 Å². The molecule has 1 amide bonds. The van der Waals surface area contributed by atoms with Gasteiger partial charge >= 0.3 is 0 Å². The van der Waals surface area contributed by atoms with Crippen molar-refractivity contribution in [2.75, 3.05) is 19.6 Å². The van der Waals surface area contributed by atoms with Gasteiger partial charge in [-0.3, -0.25) is 9.69 Å². The molecule has 2 saturated heterocycles. The predicted molar refractivity (Wildman–Crippen MR) is 51.5 cm³/mol. The molecule has 0 aromatic rings. The summed E-state index contributed by atoms with van der Waals surface area (Å²) in [6.07, 6.45) is 5.70. The van der Waals surface area contributed by atoms with Gasteiger partial charge in [0.25, 0.3) is 0 Å². The fraction of sp³-hybridized carbons (Fsp3) is 0.900. The fourth-order valence-corrected chi connectivity index (χ4v) is 2.37. The monoisotopic (exact) mass is 182 g/mol. The van der Waals surface area contributed by atoms with E-state index in [0.29, 0.717) is 6.04 Å². The third-order valence-electron chi connectivity index (χ3n) is 3.11. The zero-order chi connectivity index (χ0) is 9.10. The summed E-state index contributed by atoms with van der Waals surface area (Å²) in [4.78, 5) is 13.8. The van der Waals surface area contributed by atoms with Crippen molar-refractivity contribution in [3.63, 3.8) is 0 Å². The number of hydrogen-bond donors (Lipinski definition) is 1. The van der Waals surface area contributed by atoms with Gasteiger partial charge < -0.3 is 5.32 Å². The number of carbonyl (C=O) groups is 1. The first-order valence-electron chi connectivity index (χ1n) is 5.37. The van der Waals surface area contributed by atoms with Crippen LogP contribution in [0.2, 0.25) is 0 Å². The lowest BCUT2D eigenvalue weighted by atomic mass is 10.1. The normalized spacial score (nSPS) is 31.4. The van der Waals surface area contributed by atoms with Crippen LogP contribution in [0.1, 0.15) is 32.1 Å². The molecule has 2 heterocycles. The second-order valence-corrected chi connectivity index (χ2v) is 4.09. The van der Waals surface area contributed by atoms with E-state index in [1.165, 1.54) is 32.4 Å². The molecular weight excluding hydrogens is 164 g/mol. The smallest absolute Gasteiger partial charge is 0.221 e. The summed E-state index contributed by atoms with van der Waals surface area (Å²) >= 11 is 0. The van der Waals surface area contributed by atoms with E-state index in [0.717, 1.165) is 19.4 Å². The van der Waals surface area contributed by atoms with Crippen molar-refractivity contribution < 1.29 is 4.79 Å². The van der Waals surface area contributed by atoms with Crippen molar-refractivity contribution in [1.82, 2.24) is 10.2 Å². The lowest BCUT2D eigenvalue weighted by Gasteiger charge is -2.24. The maximum Gasteiger partial charge on any atom is 0.221 e. The standard InChI is InChI=1S/C10H18N2O/c13-10-8-9(4-3-5-11-10)12-6-1-2-7-12/h9H,1-8H2,(H,11,13). The van der Waals surface area contributed by atoms with E-state index in [4.69, 9.17) is 0 Å². The lowest BCUT2D eigenvalue weighted by Crippen LogP contribution is -2.35. The number of amides is 1. The van der Waals surface area contributed by atoms with Gasteiger partial charge in [-0.25, -0.2) is 0 Å². The van der Waals surface area contributed by atoms with Crippen LogP contribution in [0.5, 0.6) is 0 Å². The maximum atomic E-state index is 11.3. The zero-order valence-corrected chi connectivity index (χ0v) is 8.09. The molecule has 0 saturated carbocycles. The topological polar surface area (TPSA) is 32.3 Å². The van der Waals surface area contributed by atoms with Crippen molar-refractivity contribution in [3.8, 4) is 0 Å².